The lowest BCUT2D eigenvalue weighted by molar-refractivity contribution is -0.131. The number of likely N-dealkylation sites (tertiary alicyclic amines) is 1. The normalized spacial score (nSPS) is 29.6. The first-order valence-corrected chi connectivity index (χ1v) is 7.65. The molecule has 2 aliphatic rings. The number of hydrogen-bond donors (Lipinski definition) is 2. The average molecular weight is 268 g/mol. The molecule has 0 spiro atoms. The van der Waals surface area contributed by atoms with Crippen LogP contribution in [-0.2, 0) is 4.79 Å². The van der Waals surface area contributed by atoms with Crippen LogP contribution in [0.2, 0.25) is 0 Å². The highest BCUT2D eigenvalue weighted by Crippen LogP contribution is 2.27. The van der Waals surface area contributed by atoms with E-state index in [2.05, 4.69) is 19.2 Å². The maximum atomic E-state index is 11.6. The highest BCUT2D eigenvalue weighted by atomic mass is 16.3. The van der Waals surface area contributed by atoms with E-state index in [9.17, 15) is 9.90 Å². The number of rotatable bonds is 5. The molecule has 2 rings (SSSR count). The lowest BCUT2D eigenvalue weighted by Crippen LogP contribution is -2.51. The van der Waals surface area contributed by atoms with Crippen molar-refractivity contribution in [2.75, 3.05) is 13.1 Å². The van der Waals surface area contributed by atoms with Gasteiger partial charge in [-0.1, -0.05) is 13.8 Å². The molecule has 3 atom stereocenters. The van der Waals surface area contributed by atoms with Crippen LogP contribution in [0.3, 0.4) is 0 Å². The molecule has 2 fully saturated rings. The molecule has 19 heavy (non-hydrogen) atoms. The van der Waals surface area contributed by atoms with Crippen molar-refractivity contribution in [1.82, 2.24) is 10.2 Å². The number of hydrogen-bond acceptors (Lipinski definition) is 3. The van der Waals surface area contributed by atoms with E-state index in [1.54, 1.807) is 6.92 Å². The largest absolute Gasteiger partial charge is 0.393 e. The van der Waals surface area contributed by atoms with Crippen molar-refractivity contribution >= 4 is 5.91 Å². The van der Waals surface area contributed by atoms with Crippen LogP contribution < -0.4 is 5.32 Å². The molecule has 4 heteroatoms. The second-order valence-corrected chi connectivity index (χ2v) is 6.71. The Hall–Kier alpha value is -0.610. The fourth-order valence-corrected chi connectivity index (χ4v) is 2.95. The summed E-state index contributed by atoms with van der Waals surface area (Å²) in [4.78, 5) is 13.6. The van der Waals surface area contributed by atoms with E-state index < -0.39 is 0 Å². The molecule has 0 aromatic carbocycles. The summed E-state index contributed by atoms with van der Waals surface area (Å²) in [5, 5.41) is 13.7. The fraction of sp³-hybridized carbons (Fsp3) is 0.933. The summed E-state index contributed by atoms with van der Waals surface area (Å²) in [6, 6.07) is 1.09. The van der Waals surface area contributed by atoms with Gasteiger partial charge in [0.1, 0.15) is 0 Å². The number of aliphatic hydroxyl groups is 1. The monoisotopic (exact) mass is 268 g/mol. The van der Waals surface area contributed by atoms with E-state index in [4.69, 9.17) is 0 Å². The zero-order chi connectivity index (χ0) is 14.0. The standard InChI is InChI=1S/C15H28N2O2/c1-10(2)15(19)7-12-6-14(16-13-4-5-13)9-17(8-12)11(3)18/h10,12-16,19H,4-9H2,1-3H3. The molecule has 1 saturated heterocycles. The zero-order valence-corrected chi connectivity index (χ0v) is 12.4. The molecule has 2 N–H and O–H groups in total. The molecule has 1 aliphatic heterocycles. The molecule has 4 nitrogen and oxygen atoms in total. The molecule has 0 aromatic heterocycles. The van der Waals surface area contributed by atoms with Crippen LogP contribution in [-0.4, -0.2) is 47.2 Å². The van der Waals surface area contributed by atoms with Crippen LogP contribution in [0.4, 0.5) is 0 Å². The van der Waals surface area contributed by atoms with Gasteiger partial charge in [-0.3, -0.25) is 4.79 Å². The maximum absolute atomic E-state index is 11.6. The first-order valence-electron chi connectivity index (χ1n) is 7.65. The van der Waals surface area contributed by atoms with Gasteiger partial charge in [0.05, 0.1) is 6.10 Å². The minimum Gasteiger partial charge on any atom is -0.393 e. The van der Waals surface area contributed by atoms with Gasteiger partial charge in [-0.05, 0) is 37.5 Å². The van der Waals surface area contributed by atoms with Crippen molar-refractivity contribution < 1.29 is 9.90 Å². The Bertz CT molecular complexity index is 315. The lowest BCUT2D eigenvalue weighted by Gasteiger charge is -2.39. The van der Waals surface area contributed by atoms with Crippen LogP contribution in [0.25, 0.3) is 0 Å². The van der Waals surface area contributed by atoms with Crippen molar-refractivity contribution in [2.45, 2.75) is 64.6 Å². The Morgan fingerprint density at radius 2 is 2.00 bits per heavy atom. The number of piperidine rings is 1. The van der Waals surface area contributed by atoms with E-state index in [0.29, 0.717) is 23.9 Å². The molecule has 1 amide bonds. The summed E-state index contributed by atoms with van der Waals surface area (Å²) in [5.41, 5.74) is 0. The van der Waals surface area contributed by atoms with Gasteiger partial charge in [0.2, 0.25) is 5.91 Å². The number of nitrogens with one attached hydrogen (secondary N) is 1. The van der Waals surface area contributed by atoms with Crippen molar-refractivity contribution in [1.29, 1.82) is 0 Å². The van der Waals surface area contributed by atoms with Crippen LogP contribution in [0, 0.1) is 11.8 Å². The van der Waals surface area contributed by atoms with Crippen molar-refractivity contribution in [3.05, 3.63) is 0 Å². The summed E-state index contributed by atoms with van der Waals surface area (Å²) in [7, 11) is 0. The van der Waals surface area contributed by atoms with Crippen molar-refractivity contribution in [2.24, 2.45) is 11.8 Å². The Balaban J connectivity index is 1.91. The Kier molecular flexibility index (Phi) is 4.85. The van der Waals surface area contributed by atoms with E-state index >= 15 is 0 Å². The third-order valence-electron chi connectivity index (χ3n) is 4.38. The number of carbonyl (C=O) groups is 1. The highest BCUT2D eigenvalue weighted by molar-refractivity contribution is 5.73. The van der Waals surface area contributed by atoms with Gasteiger partial charge >= 0.3 is 0 Å². The quantitative estimate of drug-likeness (QED) is 0.792. The van der Waals surface area contributed by atoms with Crippen molar-refractivity contribution in [3.63, 3.8) is 0 Å². The average Bonchev–Trinajstić information content (AvgIpc) is 3.12. The third-order valence-corrected chi connectivity index (χ3v) is 4.38. The predicted molar refractivity (Wildman–Crippen MR) is 75.8 cm³/mol. The third kappa shape index (κ3) is 4.46. The SMILES string of the molecule is CC(=O)N1CC(CC(O)C(C)C)CC(NC2CC2)C1. The molecule has 1 saturated carbocycles. The maximum Gasteiger partial charge on any atom is 0.219 e. The first-order chi connectivity index (χ1) is 8.95. The Labute approximate surface area is 116 Å². The second-order valence-electron chi connectivity index (χ2n) is 6.71. The Morgan fingerprint density at radius 3 is 2.53 bits per heavy atom. The van der Waals surface area contributed by atoms with Crippen LogP contribution in [0.15, 0.2) is 0 Å². The molecular formula is C15H28N2O2. The zero-order valence-electron chi connectivity index (χ0n) is 12.4. The first kappa shape index (κ1) is 14.8. The van der Waals surface area contributed by atoms with Gasteiger partial charge < -0.3 is 15.3 Å². The fourth-order valence-electron chi connectivity index (χ4n) is 2.95. The predicted octanol–water partition coefficient (Wildman–Crippen LogP) is 1.38. The molecule has 0 bridgehead atoms. The minimum atomic E-state index is -0.251. The highest BCUT2D eigenvalue weighted by Gasteiger charge is 2.33. The second kappa shape index (κ2) is 6.23. The van der Waals surface area contributed by atoms with Gasteiger partial charge in [-0.25, -0.2) is 0 Å². The topological polar surface area (TPSA) is 52.6 Å². The summed E-state index contributed by atoms with van der Waals surface area (Å²) in [6.07, 6.45) is 4.19. The van der Waals surface area contributed by atoms with E-state index in [1.807, 2.05) is 4.90 Å². The molecule has 1 aliphatic carbocycles. The summed E-state index contributed by atoms with van der Waals surface area (Å²) in [6.45, 7) is 7.39. The van der Waals surface area contributed by atoms with Crippen LogP contribution in [0.5, 0.6) is 0 Å². The van der Waals surface area contributed by atoms with Gasteiger partial charge in [0, 0.05) is 32.1 Å². The summed E-state index contributed by atoms with van der Waals surface area (Å²) >= 11 is 0. The number of amides is 1. The molecular weight excluding hydrogens is 240 g/mol. The Morgan fingerprint density at radius 1 is 1.32 bits per heavy atom. The van der Waals surface area contributed by atoms with E-state index in [1.165, 1.54) is 12.8 Å². The van der Waals surface area contributed by atoms with Gasteiger partial charge in [-0.15, -0.1) is 0 Å². The molecule has 3 unspecified atom stereocenters. The van der Waals surface area contributed by atoms with Crippen LogP contribution in [0.1, 0.15) is 46.5 Å². The van der Waals surface area contributed by atoms with Gasteiger partial charge in [0.15, 0.2) is 0 Å². The number of nitrogens with zero attached hydrogens (tertiary/aromatic N) is 1. The molecule has 110 valence electrons. The molecule has 0 aromatic rings. The minimum absolute atomic E-state index is 0.159. The van der Waals surface area contributed by atoms with Crippen LogP contribution >= 0.6 is 0 Å². The summed E-state index contributed by atoms with van der Waals surface area (Å²) in [5.74, 6) is 0.875. The summed E-state index contributed by atoms with van der Waals surface area (Å²) < 4.78 is 0. The molecule has 1 heterocycles. The van der Waals surface area contributed by atoms with Gasteiger partial charge in [0.25, 0.3) is 0 Å². The lowest BCUT2D eigenvalue weighted by atomic mass is 9.86. The smallest absolute Gasteiger partial charge is 0.219 e. The number of carbonyl (C=O) groups excluding carboxylic acids is 1. The number of aliphatic hydroxyl groups excluding tert-OH is 1. The van der Waals surface area contributed by atoms with Crippen molar-refractivity contribution in [3.8, 4) is 0 Å². The van der Waals surface area contributed by atoms with Gasteiger partial charge in [-0.2, -0.15) is 0 Å². The van der Waals surface area contributed by atoms with E-state index in [-0.39, 0.29) is 12.0 Å². The van der Waals surface area contributed by atoms with E-state index in [0.717, 1.165) is 25.9 Å². The molecule has 0 radical (unpaired) electrons.